The number of nitrogen functional groups attached to an aromatic ring is 1. The van der Waals surface area contributed by atoms with Crippen LogP contribution in [0, 0.1) is 0 Å². The van der Waals surface area contributed by atoms with Crippen LogP contribution in [0.25, 0.3) is 5.69 Å². The molecule has 0 spiro atoms. The van der Waals surface area contributed by atoms with Crippen molar-refractivity contribution in [3.05, 3.63) is 29.5 Å². The fourth-order valence-corrected chi connectivity index (χ4v) is 1.65. The molecule has 2 aromatic rings. The molecule has 2 rings (SSSR count). The Hall–Kier alpha value is -1.88. The Kier molecular flexibility index (Phi) is 3.10. The van der Waals surface area contributed by atoms with Crippen molar-refractivity contribution in [2.75, 3.05) is 20.0 Å². The van der Waals surface area contributed by atoms with Crippen molar-refractivity contribution in [1.29, 1.82) is 0 Å². The van der Waals surface area contributed by atoms with E-state index < -0.39 is 0 Å². The Morgan fingerprint density at radius 2 is 1.88 bits per heavy atom. The third-order valence-corrected chi connectivity index (χ3v) is 2.53. The Morgan fingerprint density at radius 1 is 1.24 bits per heavy atom. The number of ether oxygens (including phenoxy) is 2. The van der Waals surface area contributed by atoms with Crippen LogP contribution >= 0.6 is 11.6 Å². The van der Waals surface area contributed by atoms with Crippen LogP contribution in [-0.4, -0.2) is 24.0 Å². The van der Waals surface area contributed by atoms with E-state index in [0.717, 1.165) is 0 Å². The maximum Gasteiger partial charge on any atom is 0.163 e. The zero-order chi connectivity index (χ0) is 12.4. The van der Waals surface area contributed by atoms with Crippen LogP contribution in [0.5, 0.6) is 11.5 Å². The molecule has 6 heteroatoms. The quantitative estimate of drug-likeness (QED) is 0.851. The van der Waals surface area contributed by atoms with Gasteiger partial charge in [-0.05, 0) is 0 Å². The zero-order valence-electron chi connectivity index (χ0n) is 9.48. The maximum absolute atomic E-state index is 5.92. The van der Waals surface area contributed by atoms with Gasteiger partial charge in [0, 0.05) is 18.3 Å². The molecule has 0 bridgehead atoms. The molecule has 2 N–H and O–H groups in total. The topological polar surface area (TPSA) is 62.3 Å². The normalized spacial score (nSPS) is 10.3. The minimum Gasteiger partial charge on any atom is -0.493 e. The number of halogens is 1. The van der Waals surface area contributed by atoms with Crippen molar-refractivity contribution in [3.8, 4) is 17.2 Å². The van der Waals surface area contributed by atoms with Gasteiger partial charge >= 0.3 is 0 Å². The van der Waals surface area contributed by atoms with Gasteiger partial charge < -0.3 is 15.2 Å². The van der Waals surface area contributed by atoms with Gasteiger partial charge in [-0.3, -0.25) is 0 Å². The van der Waals surface area contributed by atoms with Crippen LogP contribution in [0.2, 0.25) is 5.02 Å². The van der Waals surface area contributed by atoms with Crippen LogP contribution in [0.15, 0.2) is 24.5 Å². The monoisotopic (exact) mass is 253 g/mol. The van der Waals surface area contributed by atoms with Crippen LogP contribution < -0.4 is 15.2 Å². The van der Waals surface area contributed by atoms with E-state index in [0.29, 0.717) is 27.9 Å². The first-order valence-corrected chi connectivity index (χ1v) is 5.25. The van der Waals surface area contributed by atoms with Crippen molar-refractivity contribution in [2.24, 2.45) is 0 Å². The Morgan fingerprint density at radius 3 is 2.41 bits per heavy atom. The highest BCUT2D eigenvalue weighted by Crippen LogP contribution is 2.33. The molecule has 1 heterocycles. The van der Waals surface area contributed by atoms with Crippen molar-refractivity contribution in [3.63, 3.8) is 0 Å². The second-order valence-corrected chi connectivity index (χ2v) is 3.81. The fourth-order valence-electron chi connectivity index (χ4n) is 1.51. The molecule has 0 aliphatic heterocycles. The van der Waals surface area contributed by atoms with Crippen LogP contribution in [0.1, 0.15) is 0 Å². The van der Waals surface area contributed by atoms with E-state index in [1.54, 1.807) is 37.2 Å². The molecule has 0 fully saturated rings. The van der Waals surface area contributed by atoms with E-state index in [1.165, 1.54) is 6.20 Å². The molecule has 0 atom stereocenters. The highest BCUT2D eigenvalue weighted by molar-refractivity contribution is 6.30. The van der Waals surface area contributed by atoms with Gasteiger partial charge in [0.2, 0.25) is 0 Å². The molecule has 1 aromatic carbocycles. The number of hydrogen-bond donors (Lipinski definition) is 1. The predicted octanol–water partition coefficient (Wildman–Crippen LogP) is 2.13. The molecular weight excluding hydrogens is 242 g/mol. The van der Waals surface area contributed by atoms with Gasteiger partial charge in [0.25, 0.3) is 0 Å². The third-order valence-electron chi connectivity index (χ3n) is 2.33. The summed E-state index contributed by atoms with van der Waals surface area (Å²) < 4.78 is 11.9. The van der Waals surface area contributed by atoms with Gasteiger partial charge in [0.05, 0.1) is 36.8 Å². The van der Waals surface area contributed by atoms with E-state index in [1.807, 2.05) is 0 Å². The first kappa shape index (κ1) is 11.6. The molecular formula is C11H12ClN3O2. The van der Waals surface area contributed by atoms with Gasteiger partial charge in [0.15, 0.2) is 11.5 Å². The first-order chi connectivity index (χ1) is 8.15. The Balaban J connectivity index is 2.55. The average molecular weight is 254 g/mol. The van der Waals surface area contributed by atoms with Gasteiger partial charge in [-0.1, -0.05) is 11.6 Å². The molecule has 5 nitrogen and oxygen atoms in total. The van der Waals surface area contributed by atoms with Crippen molar-refractivity contribution >= 4 is 17.3 Å². The number of nitrogens with zero attached hydrogens (tertiary/aromatic N) is 2. The third kappa shape index (κ3) is 2.14. The summed E-state index contributed by atoms with van der Waals surface area (Å²) in [6, 6.07) is 3.43. The largest absolute Gasteiger partial charge is 0.493 e. The summed E-state index contributed by atoms with van der Waals surface area (Å²) in [5, 5.41) is 4.63. The first-order valence-electron chi connectivity index (χ1n) is 4.87. The van der Waals surface area contributed by atoms with Crippen LogP contribution in [-0.2, 0) is 0 Å². The van der Waals surface area contributed by atoms with E-state index in [4.69, 9.17) is 26.8 Å². The molecule has 90 valence electrons. The van der Waals surface area contributed by atoms with Crippen LogP contribution in [0.3, 0.4) is 0 Å². The number of methoxy groups -OCH3 is 2. The lowest BCUT2D eigenvalue weighted by Gasteiger charge is -2.12. The van der Waals surface area contributed by atoms with Gasteiger partial charge in [-0.15, -0.1) is 0 Å². The lowest BCUT2D eigenvalue weighted by molar-refractivity contribution is 0.355. The maximum atomic E-state index is 5.92. The summed E-state index contributed by atoms with van der Waals surface area (Å²) in [7, 11) is 3.12. The van der Waals surface area contributed by atoms with Gasteiger partial charge in [-0.2, -0.15) is 5.10 Å². The SMILES string of the molecule is COc1cc(N)c(-n2cc(Cl)cn2)cc1OC. The van der Waals surface area contributed by atoms with Crippen LogP contribution in [0.4, 0.5) is 5.69 Å². The smallest absolute Gasteiger partial charge is 0.163 e. The van der Waals surface area contributed by atoms with Gasteiger partial charge in [0.1, 0.15) is 0 Å². The summed E-state index contributed by atoms with van der Waals surface area (Å²) in [4.78, 5) is 0. The molecule has 0 amide bonds. The van der Waals surface area contributed by atoms with Crippen molar-refractivity contribution in [1.82, 2.24) is 9.78 Å². The average Bonchev–Trinajstić information content (AvgIpc) is 2.75. The lowest BCUT2D eigenvalue weighted by Crippen LogP contribution is -2.02. The highest BCUT2D eigenvalue weighted by Gasteiger charge is 2.11. The number of aromatic nitrogens is 2. The summed E-state index contributed by atoms with van der Waals surface area (Å²) in [6.07, 6.45) is 3.21. The van der Waals surface area contributed by atoms with Gasteiger partial charge in [-0.25, -0.2) is 4.68 Å². The number of nitrogens with two attached hydrogens (primary N) is 1. The molecule has 17 heavy (non-hydrogen) atoms. The standard InChI is InChI=1S/C11H12ClN3O2/c1-16-10-3-8(13)9(4-11(10)17-2)15-6-7(12)5-14-15/h3-6H,13H2,1-2H3. The lowest BCUT2D eigenvalue weighted by atomic mass is 10.2. The molecule has 0 unspecified atom stereocenters. The second-order valence-electron chi connectivity index (χ2n) is 3.37. The van der Waals surface area contributed by atoms with E-state index in [2.05, 4.69) is 5.10 Å². The molecule has 1 aromatic heterocycles. The summed E-state index contributed by atoms with van der Waals surface area (Å²) in [5.41, 5.74) is 7.14. The van der Waals surface area contributed by atoms with Crippen molar-refractivity contribution in [2.45, 2.75) is 0 Å². The van der Waals surface area contributed by atoms with Crippen molar-refractivity contribution < 1.29 is 9.47 Å². The minimum atomic E-state index is 0.530. The molecule has 0 aliphatic carbocycles. The molecule has 0 radical (unpaired) electrons. The number of hydrogen-bond acceptors (Lipinski definition) is 4. The summed E-state index contributed by atoms with van der Waals surface area (Å²) in [6.45, 7) is 0. The highest BCUT2D eigenvalue weighted by atomic mass is 35.5. The molecule has 0 saturated heterocycles. The second kappa shape index (κ2) is 4.55. The summed E-state index contributed by atoms with van der Waals surface area (Å²) >= 11 is 5.81. The fraction of sp³-hybridized carbons (Fsp3) is 0.182. The van der Waals surface area contributed by atoms with E-state index in [-0.39, 0.29) is 0 Å². The Bertz CT molecular complexity index is 540. The van der Waals surface area contributed by atoms with E-state index >= 15 is 0 Å². The molecule has 0 aliphatic rings. The van der Waals surface area contributed by atoms with E-state index in [9.17, 15) is 0 Å². The molecule has 0 saturated carbocycles. The number of benzene rings is 1. The number of anilines is 1. The minimum absolute atomic E-state index is 0.530. The number of rotatable bonds is 3. The zero-order valence-corrected chi connectivity index (χ0v) is 10.2. The predicted molar refractivity (Wildman–Crippen MR) is 66.1 cm³/mol. The Labute approximate surface area is 104 Å². The summed E-state index contributed by atoms with van der Waals surface area (Å²) in [5.74, 6) is 1.16.